The highest BCUT2D eigenvalue weighted by molar-refractivity contribution is 6.25. The van der Waals surface area contributed by atoms with Crippen molar-refractivity contribution in [2.75, 3.05) is 0 Å². The van der Waals surface area contributed by atoms with Gasteiger partial charge in [-0.1, -0.05) is 170 Å². The molecule has 0 radical (unpaired) electrons. The number of hydrogen-bond donors (Lipinski definition) is 0. The molecule has 0 saturated heterocycles. The zero-order chi connectivity index (χ0) is 33.0. The fraction of sp³-hybridized carbons (Fsp3) is 0. The molecule has 0 aliphatic rings. The summed E-state index contributed by atoms with van der Waals surface area (Å²) in [6, 6.07) is 71.4. The molecule has 0 aliphatic carbocycles. The maximum Gasteiger partial charge on any atom is -0.00259 e. The van der Waals surface area contributed by atoms with Crippen LogP contribution in [0.3, 0.4) is 0 Å². The SMILES string of the molecule is c1ccc2cc(-c3ccc(-c4cc5cc(-c6ccc(-c7ccc8ccccc8c7)cc6)c6ccccc6c5c5ccccc45)cc3)ccc2c1. The molecule has 10 aromatic carbocycles. The minimum Gasteiger partial charge on any atom is -0.0616 e. The number of hydrogen-bond acceptors (Lipinski definition) is 0. The van der Waals surface area contributed by atoms with Gasteiger partial charge in [-0.3, -0.25) is 0 Å². The lowest BCUT2D eigenvalue weighted by molar-refractivity contribution is 1.62. The normalized spacial score (nSPS) is 11.6. The van der Waals surface area contributed by atoms with Crippen molar-refractivity contribution in [1.29, 1.82) is 0 Å². The van der Waals surface area contributed by atoms with Crippen molar-refractivity contribution >= 4 is 53.9 Å². The smallest absolute Gasteiger partial charge is 0.00259 e. The van der Waals surface area contributed by atoms with Gasteiger partial charge in [0.1, 0.15) is 0 Å². The summed E-state index contributed by atoms with van der Waals surface area (Å²) in [7, 11) is 0. The molecule has 0 amide bonds. The van der Waals surface area contributed by atoms with Gasteiger partial charge in [-0.05, 0) is 123 Å². The molecule has 0 nitrogen and oxygen atoms in total. The fourth-order valence-electron chi connectivity index (χ4n) is 7.88. The minimum atomic E-state index is 1.22. The van der Waals surface area contributed by atoms with Gasteiger partial charge in [0.2, 0.25) is 0 Å². The quantitative estimate of drug-likeness (QED) is 0.169. The number of benzene rings is 10. The molecule has 0 atom stereocenters. The van der Waals surface area contributed by atoms with Crippen LogP contribution in [0.25, 0.3) is 98.4 Å². The van der Waals surface area contributed by atoms with E-state index in [0.717, 1.165) is 0 Å². The van der Waals surface area contributed by atoms with Crippen molar-refractivity contribution in [3.8, 4) is 44.5 Å². The second kappa shape index (κ2) is 11.6. The zero-order valence-corrected chi connectivity index (χ0v) is 27.5. The van der Waals surface area contributed by atoms with E-state index in [0.29, 0.717) is 0 Å². The van der Waals surface area contributed by atoms with Gasteiger partial charge in [-0.2, -0.15) is 0 Å². The van der Waals surface area contributed by atoms with Crippen LogP contribution >= 0.6 is 0 Å². The highest BCUT2D eigenvalue weighted by atomic mass is 14.2. The summed E-state index contributed by atoms with van der Waals surface area (Å²) < 4.78 is 0. The van der Waals surface area contributed by atoms with E-state index in [1.54, 1.807) is 0 Å². The van der Waals surface area contributed by atoms with Crippen LogP contribution < -0.4 is 0 Å². The van der Waals surface area contributed by atoms with Crippen molar-refractivity contribution < 1.29 is 0 Å². The first kappa shape index (κ1) is 28.5. The molecule has 0 spiro atoms. The Labute approximate surface area is 291 Å². The standard InChI is InChI=1S/C50H32/c1-3-11-39-29-41(27-21-33(39)9-1)35-17-23-37(24-18-35)48-31-43-32-49(45-14-6-8-16-47(45)50(43)46-15-7-5-13-44(46)48)38-25-19-36(20-26-38)42-28-22-34-10-2-4-12-40(34)30-42/h1-32H. The molecule has 0 aromatic heterocycles. The lowest BCUT2D eigenvalue weighted by Crippen LogP contribution is -1.89. The molecule has 0 fully saturated rings. The average molecular weight is 633 g/mol. The summed E-state index contributed by atoms with van der Waals surface area (Å²) in [5, 5.41) is 12.7. The van der Waals surface area contributed by atoms with Crippen LogP contribution in [0.15, 0.2) is 194 Å². The highest BCUT2D eigenvalue weighted by Crippen LogP contribution is 2.42. The number of rotatable bonds is 4. The molecule has 0 bridgehead atoms. The predicted octanol–water partition coefficient (Wildman–Crippen LogP) is 14.1. The summed E-state index contributed by atoms with van der Waals surface area (Å²) in [5.74, 6) is 0. The number of fused-ring (bicyclic) bond motifs is 7. The minimum absolute atomic E-state index is 1.22. The van der Waals surface area contributed by atoms with Crippen molar-refractivity contribution in [2.45, 2.75) is 0 Å². The lowest BCUT2D eigenvalue weighted by atomic mass is 9.87. The van der Waals surface area contributed by atoms with Crippen LogP contribution in [0.2, 0.25) is 0 Å². The summed E-state index contributed by atoms with van der Waals surface area (Å²) >= 11 is 0. The maximum absolute atomic E-state index is 2.40. The average Bonchev–Trinajstić information content (AvgIpc) is 3.20. The van der Waals surface area contributed by atoms with E-state index in [2.05, 4.69) is 194 Å². The van der Waals surface area contributed by atoms with Gasteiger partial charge in [0.05, 0.1) is 0 Å². The van der Waals surface area contributed by atoms with Crippen molar-refractivity contribution in [1.82, 2.24) is 0 Å². The van der Waals surface area contributed by atoms with E-state index in [1.165, 1.54) is 98.4 Å². The van der Waals surface area contributed by atoms with Crippen LogP contribution in [-0.2, 0) is 0 Å². The predicted molar refractivity (Wildman–Crippen MR) is 216 cm³/mol. The van der Waals surface area contributed by atoms with E-state index in [-0.39, 0.29) is 0 Å². The Balaban J connectivity index is 1.10. The van der Waals surface area contributed by atoms with E-state index < -0.39 is 0 Å². The summed E-state index contributed by atoms with van der Waals surface area (Å²) in [6.45, 7) is 0. The fourth-order valence-corrected chi connectivity index (χ4v) is 7.88. The lowest BCUT2D eigenvalue weighted by Gasteiger charge is -2.16. The van der Waals surface area contributed by atoms with Gasteiger partial charge >= 0.3 is 0 Å². The van der Waals surface area contributed by atoms with Gasteiger partial charge in [0.15, 0.2) is 0 Å². The van der Waals surface area contributed by atoms with E-state index in [4.69, 9.17) is 0 Å². The van der Waals surface area contributed by atoms with E-state index in [9.17, 15) is 0 Å². The van der Waals surface area contributed by atoms with E-state index in [1.807, 2.05) is 0 Å². The summed E-state index contributed by atoms with van der Waals surface area (Å²) in [6.07, 6.45) is 0. The molecule has 0 N–H and O–H groups in total. The molecule has 10 rings (SSSR count). The monoisotopic (exact) mass is 632 g/mol. The third-order valence-corrected chi connectivity index (χ3v) is 10.4. The van der Waals surface area contributed by atoms with Crippen molar-refractivity contribution in [3.05, 3.63) is 194 Å². The third kappa shape index (κ3) is 4.77. The molecule has 10 aromatic rings. The molecular formula is C50H32. The van der Waals surface area contributed by atoms with Crippen LogP contribution in [-0.4, -0.2) is 0 Å². The van der Waals surface area contributed by atoms with Gasteiger partial charge < -0.3 is 0 Å². The van der Waals surface area contributed by atoms with Crippen LogP contribution in [0.5, 0.6) is 0 Å². The first-order valence-corrected chi connectivity index (χ1v) is 17.3. The van der Waals surface area contributed by atoms with Crippen LogP contribution in [0.1, 0.15) is 0 Å². The van der Waals surface area contributed by atoms with Gasteiger partial charge in [0, 0.05) is 0 Å². The zero-order valence-electron chi connectivity index (χ0n) is 27.5. The van der Waals surface area contributed by atoms with Crippen molar-refractivity contribution in [2.24, 2.45) is 0 Å². The second-order valence-electron chi connectivity index (χ2n) is 13.3. The Morgan fingerprint density at radius 3 is 0.980 bits per heavy atom. The molecule has 0 heteroatoms. The Bertz CT molecular complexity index is 2700. The molecular weight excluding hydrogens is 601 g/mol. The Kier molecular flexibility index (Phi) is 6.60. The maximum atomic E-state index is 2.40. The van der Waals surface area contributed by atoms with Gasteiger partial charge in [-0.15, -0.1) is 0 Å². The Hall–Kier alpha value is -6.50. The molecule has 0 unspecified atom stereocenters. The Morgan fingerprint density at radius 2 is 0.540 bits per heavy atom. The third-order valence-electron chi connectivity index (χ3n) is 10.4. The largest absolute Gasteiger partial charge is 0.0616 e. The molecule has 50 heavy (non-hydrogen) atoms. The topological polar surface area (TPSA) is 0 Å². The highest BCUT2D eigenvalue weighted by Gasteiger charge is 2.15. The molecule has 0 saturated carbocycles. The van der Waals surface area contributed by atoms with Gasteiger partial charge in [-0.25, -0.2) is 0 Å². The first-order chi connectivity index (χ1) is 24.8. The molecule has 0 aliphatic heterocycles. The first-order valence-electron chi connectivity index (χ1n) is 17.3. The summed E-state index contributed by atoms with van der Waals surface area (Å²) in [5.41, 5.74) is 9.89. The van der Waals surface area contributed by atoms with E-state index >= 15 is 0 Å². The van der Waals surface area contributed by atoms with Gasteiger partial charge in [0.25, 0.3) is 0 Å². The molecule has 232 valence electrons. The molecule has 0 heterocycles. The Morgan fingerprint density at radius 1 is 0.200 bits per heavy atom. The van der Waals surface area contributed by atoms with Crippen molar-refractivity contribution in [3.63, 3.8) is 0 Å². The van der Waals surface area contributed by atoms with Crippen LogP contribution in [0.4, 0.5) is 0 Å². The second-order valence-corrected chi connectivity index (χ2v) is 13.3. The summed E-state index contributed by atoms with van der Waals surface area (Å²) in [4.78, 5) is 0. The van der Waals surface area contributed by atoms with Crippen LogP contribution in [0, 0.1) is 0 Å².